The Morgan fingerprint density at radius 1 is 1.29 bits per heavy atom. The lowest BCUT2D eigenvalue weighted by atomic mass is 10.0. The van der Waals surface area contributed by atoms with E-state index in [1.165, 1.54) is 11.6 Å². The Balaban J connectivity index is 1.78. The van der Waals surface area contributed by atoms with Crippen LogP contribution in [-0.2, 0) is 14.3 Å². The molecule has 6 heteroatoms. The first-order valence-corrected chi connectivity index (χ1v) is 7.62. The van der Waals surface area contributed by atoms with Crippen LogP contribution in [0.25, 0.3) is 6.08 Å². The van der Waals surface area contributed by atoms with Gasteiger partial charge in [-0.3, -0.25) is 10.1 Å². The van der Waals surface area contributed by atoms with Crippen LogP contribution in [0.15, 0.2) is 40.9 Å². The van der Waals surface area contributed by atoms with E-state index in [4.69, 9.17) is 9.26 Å². The number of hydrogen-bond acceptors (Lipinski definition) is 5. The van der Waals surface area contributed by atoms with Crippen LogP contribution in [-0.4, -0.2) is 23.6 Å². The predicted octanol–water partition coefficient (Wildman–Crippen LogP) is 3.30. The standard InChI is InChI=1S/C18H20N2O4/c1-12(2)15-7-4-14(5-8-15)6-9-18(22)23-11-16(21)19-17-10-13(3)20-24-17/h4-10,12H,11H2,1-3H3,(H,19,21)/b9-6+. The Kier molecular flexibility index (Phi) is 5.89. The zero-order valence-electron chi connectivity index (χ0n) is 13.9. The zero-order valence-corrected chi connectivity index (χ0v) is 13.9. The van der Waals surface area contributed by atoms with Crippen LogP contribution in [0, 0.1) is 6.92 Å². The van der Waals surface area contributed by atoms with E-state index in [1.807, 2.05) is 24.3 Å². The van der Waals surface area contributed by atoms with Gasteiger partial charge < -0.3 is 9.26 Å². The smallest absolute Gasteiger partial charge is 0.331 e. The molecule has 0 saturated heterocycles. The van der Waals surface area contributed by atoms with Crippen molar-refractivity contribution in [3.63, 3.8) is 0 Å². The van der Waals surface area contributed by atoms with Crippen molar-refractivity contribution in [2.45, 2.75) is 26.7 Å². The van der Waals surface area contributed by atoms with E-state index in [-0.39, 0.29) is 5.88 Å². The number of carbonyl (C=O) groups excluding carboxylic acids is 2. The molecule has 24 heavy (non-hydrogen) atoms. The average molecular weight is 328 g/mol. The van der Waals surface area contributed by atoms with Crippen molar-refractivity contribution in [2.24, 2.45) is 0 Å². The second kappa shape index (κ2) is 8.10. The summed E-state index contributed by atoms with van der Waals surface area (Å²) in [5.74, 6) is -0.407. The van der Waals surface area contributed by atoms with Crippen molar-refractivity contribution in [3.05, 3.63) is 53.2 Å². The van der Waals surface area contributed by atoms with Gasteiger partial charge in [0.2, 0.25) is 5.88 Å². The molecule has 1 heterocycles. The molecule has 6 nitrogen and oxygen atoms in total. The number of hydrogen-bond donors (Lipinski definition) is 1. The number of amides is 1. The number of nitrogens with one attached hydrogen (secondary N) is 1. The van der Waals surface area contributed by atoms with Crippen LogP contribution in [0.3, 0.4) is 0 Å². The molecule has 1 aromatic heterocycles. The second-order valence-corrected chi connectivity index (χ2v) is 5.64. The number of esters is 1. The molecule has 0 atom stereocenters. The highest BCUT2D eigenvalue weighted by Crippen LogP contribution is 2.15. The van der Waals surface area contributed by atoms with Gasteiger partial charge in [0.15, 0.2) is 6.61 Å². The second-order valence-electron chi connectivity index (χ2n) is 5.64. The van der Waals surface area contributed by atoms with Gasteiger partial charge in [-0.1, -0.05) is 43.3 Å². The van der Waals surface area contributed by atoms with Crippen LogP contribution in [0.2, 0.25) is 0 Å². The Morgan fingerprint density at radius 2 is 2.00 bits per heavy atom. The van der Waals surface area contributed by atoms with Crippen LogP contribution in [0.4, 0.5) is 5.88 Å². The molecular formula is C18H20N2O4. The Labute approximate surface area is 140 Å². The van der Waals surface area contributed by atoms with Gasteiger partial charge in [-0.05, 0) is 30.0 Å². The molecule has 1 amide bonds. The Morgan fingerprint density at radius 3 is 2.58 bits per heavy atom. The fraction of sp³-hybridized carbons (Fsp3) is 0.278. The van der Waals surface area contributed by atoms with Gasteiger partial charge in [0, 0.05) is 12.1 Å². The first-order chi connectivity index (χ1) is 11.4. The molecule has 0 aliphatic rings. The highest BCUT2D eigenvalue weighted by Gasteiger charge is 2.08. The topological polar surface area (TPSA) is 81.4 Å². The van der Waals surface area contributed by atoms with Crippen LogP contribution in [0.5, 0.6) is 0 Å². The SMILES string of the molecule is Cc1cc(NC(=O)COC(=O)/C=C/c2ccc(C(C)C)cc2)on1. The third-order valence-corrected chi connectivity index (χ3v) is 3.25. The summed E-state index contributed by atoms with van der Waals surface area (Å²) in [6.07, 6.45) is 2.93. The minimum absolute atomic E-state index is 0.217. The fourth-order valence-corrected chi connectivity index (χ4v) is 1.94. The molecule has 0 aliphatic carbocycles. The molecule has 0 bridgehead atoms. The van der Waals surface area contributed by atoms with Gasteiger partial charge in [-0.2, -0.15) is 0 Å². The molecule has 0 spiro atoms. The lowest BCUT2D eigenvalue weighted by molar-refractivity contribution is -0.142. The molecular weight excluding hydrogens is 308 g/mol. The molecule has 0 unspecified atom stereocenters. The molecule has 2 rings (SSSR count). The molecule has 0 saturated carbocycles. The Hall–Kier alpha value is -2.89. The minimum atomic E-state index is -0.591. The maximum atomic E-state index is 11.6. The summed E-state index contributed by atoms with van der Waals surface area (Å²) in [6, 6.07) is 9.46. The third kappa shape index (κ3) is 5.39. The van der Waals surface area contributed by atoms with Crippen molar-refractivity contribution < 1.29 is 18.8 Å². The summed E-state index contributed by atoms with van der Waals surface area (Å²) in [5.41, 5.74) is 2.76. The summed E-state index contributed by atoms with van der Waals surface area (Å²) >= 11 is 0. The maximum Gasteiger partial charge on any atom is 0.331 e. The summed E-state index contributed by atoms with van der Waals surface area (Å²) in [5, 5.41) is 6.08. The maximum absolute atomic E-state index is 11.6. The summed E-state index contributed by atoms with van der Waals surface area (Å²) in [6.45, 7) is 5.58. The third-order valence-electron chi connectivity index (χ3n) is 3.25. The number of aromatic nitrogens is 1. The summed E-state index contributed by atoms with van der Waals surface area (Å²) in [7, 11) is 0. The van der Waals surface area contributed by atoms with Crippen molar-refractivity contribution in [1.29, 1.82) is 0 Å². The van der Waals surface area contributed by atoms with Crippen molar-refractivity contribution in [1.82, 2.24) is 5.16 Å². The summed E-state index contributed by atoms with van der Waals surface area (Å²) < 4.78 is 9.70. The largest absolute Gasteiger partial charge is 0.452 e. The van der Waals surface area contributed by atoms with Crippen LogP contribution >= 0.6 is 0 Å². The lowest BCUT2D eigenvalue weighted by Gasteiger charge is -2.04. The molecule has 2 aromatic rings. The van der Waals surface area contributed by atoms with Crippen LogP contribution < -0.4 is 5.32 Å². The van der Waals surface area contributed by atoms with Gasteiger partial charge in [0.1, 0.15) is 0 Å². The number of ether oxygens (including phenoxy) is 1. The number of anilines is 1. The van der Waals surface area contributed by atoms with Crippen molar-refractivity contribution in [3.8, 4) is 0 Å². The fourth-order valence-electron chi connectivity index (χ4n) is 1.94. The Bertz CT molecular complexity index is 730. The van der Waals surface area contributed by atoms with Crippen LogP contribution in [0.1, 0.15) is 36.6 Å². The number of nitrogens with zero attached hydrogens (tertiary/aromatic N) is 1. The average Bonchev–Trinajstić information content (AvgIpc) is 2.96. The van der Waals surface area contributed by atoms with E-state index >= 15 is 0 Å². The van der Waals surface area contributed by atoms with E-state index in [9.17, 15) is 9.59 Å². The van der Waals surface area contributed by atoms with E-state index in [0.717, 1.165) is 5.56 Å². The molecule has 1 aromatic carbocycles. The van der Waals surface area contributed by atoms with Gasteiger partial charge in [0.05, 0.1) is 5.69 Å². The molecule has 0 aliphatic heterocycles. The van der Waals surface area contributed by atoms with E-state index in [1.54, 1.807) is 19.1 Å². The molecule has 0 fully saturated rings. The van der Waals surface area contributed by atoms with E-state index < -0.39 is 18.5 Å². The number of rotatable bonds is 6. The monoisotopic (exact) mass is 328 g/mol. The van der Waals surface area contributed by atoms with Gasteiger partial charge in [0.25, 0.3) is 5.91 Å². The first kappa shape index (κ1) is 17.5. The lowest BCUT2D eigenvalue weighted by Crippen LogP contribution is -2.19. The predicted molar refractivity (Wildman–Crippen MR) is 90.4 cm³/mol. The van der Waals surface area contributed by atoms with E-state index in [2.05, 4.69) is 24.3 Å². The van der Waals surface area contributed by atoms with Crippen molar-refractivity contribution in [2.75, 3.05) is 11.9 Å². The van der Waals surface area contributed by atoms with Gasteiger partial charge in [-0.15, -0.1) is 0 Å². The number of carbonyl (C=O) groups is 2. The van der Waals surface area contributed by atoms with E-state index in [0.29, 0.717) is 11.6 Å². The quantitative estimate of drug-likeness (QED) is 0.650. The molecule has 1 N–H and O–H groups in total. The van der Waals surface area contributed by atoms with Gasteiger partial charge >= 0.3 is 5.97 Å². The highest BCUT2D eigenvalue weighted by molar-refractivity contribution is 5.93. The number of aryl methyl sites for hydroxylation is 1. The van der Waals surface area contributed by atoms with Crippen molar-refractivity contribution >= 4 is 23.8 Å². The number of benzene rings is 1. The molecule has 0 radical (unpaired) electrons. The van der Waals surface area contributed by atoms with Gasteiger partial charge in [-0.25, -0.2) is 4.79 Å². The zero-order chi connectivity index (χ0) is 17.5. The highest BCUT2D eigenvalue weighted by atomic mass is 16.5. The minimum Gasteiger partial charge on any atom is -0.452 e. The summed E-state index contributed by atoms with van der Waals surface area (Å²) in [4.78, 5) is 23.2. The molecule has 126 valence electrons. The normalized spacial score (nSPS) is 11.0. The first-order valence-electron chi connectivity index (χ1n) is 7.62.